The van der Waals surface area contributed by atoms with Crippen LogP contribution in [0.25, 0.3) is 6.08 Å². The van der Waals surface area contributed by atoms with Gasteiger partial charge in [0, 0.05) is 0 Å². The van der Waals surface area contributed by atoms with Crippen molar-refractivity contribution in [2.24, 2.45) is 0 Å². The van der Waals surface area contributed by atoms with E-state index in [1.54, 1.807) is 0 Å². The first kappa shape index (κ1) is 11.1. The van der Waals surface area contributed by atoms with E-state index in [1.807, 2.05) is 12.3 Å². The molecule has 75 valence electrons. The molecule has 0 bridgehead atoms. The third-order valence-electron chi connectivity index (χ3n) is 1.92. The summed E-state index contributed by atoms with van der Waals surface area (Å²) in [4.78, 5) is 0. The monoisotopic (exact) mass is 205 g/mol. The molecule has 0 spiro atoms. The highest BCUT2D eigenvalue weighted by Gasteiger charge is 1.93. The van der Waals surface area contributed by atoms with Crippen molar-refractivity contribution in [2.45, 2.75) is 26.4 Å². The first-order chi connectivity index (χ1) is 6.72. The fraction of sp³-hybridized carbons (Fsp3) is 0.333. The highest BCUT2D eigenvalue weighted by Crippen LogP contribution is 2.07. The van der Waals surface area contributed by atoms with E-state index in [0.29, 0.717) is 0 Å². The van der Waals surface area contributed by atoms with E-state index in [9.17, 15) is 0 Å². The van der Waals surface area contributed by atoms with Gasteiger partial charge in [-0.1, -0.05) is 31.2 Å². The molecule has 0 aliphatic rings. The van der Waals surface area contributed by atoms with Crippen LogP contribution in [0.2, 0.25) is 13.1 Å². The van der Waals surface area contributed by atoms with Crippen LogP contribution in [0.3, 0.4) is 0 Å². The van der Waals surface area contributed by atoms with E-state index < -0.39 is 9.04 Å². The summed E-state index contributed by atoms with van der Waals surface area (Å²) in [6.07, 6.45) is 4.92. The lowest BCUT2D eigenvalue weighted by molar-refractivity contribution is 0.505. The standard InChI is InChI=1S/C12H17OSi/c1-4-11-6-5-7-12(10-11)8-9-13-14(2)3/h5-10H,4H2,1-3H3. The van der Waals surface area contributed by atoms with Crippen LogP contribution in [-0.4, -0.2) is 9.04 Å². The summed E-state index contributed by atoms with van der Waals surface area (Å²) < 4.78 is 5.44. The highest BCUT2D eigenvalue weighted by atomic mass is 28.3. The van der Waals surface area contributed by atoms with Crippen LogP contribution in [0.4, 0.5) is 0 Å². The average Bonchev–Trinajstić information content (AvgIpc) is 2.18. The maximum atomic E-state index is 5.44. The van der Waals surface area contributed by atoms with Crippen molar-refractivity contribution in [1.29, 1.82) is 0 Å². The van der Waals surface area contributed by atoms with E-state index in [4.69, 9.17) is 4.43 Å². The zero-order chi connectivity index (χ0) is 10.4. The van der Waals surface area contributed by atoms with Crippen molar-refractivity contribution in [3.05, 3.63) is 41.7 Å². The van der Waals surface area contributed by atoms with Crippen LogP contribution in [0.5, 0.6) is 0 Å². The summed E-state index contributed by atoms with van der Waals surface area (Å²) >= 11 is 0. The molecule has 1 radical (unpaired) electrons. The molecular formula is C12H17OSi. The van der Waals surface area contributed by atoms with Gasteiger partial charge in [0.1, 0.15) is 0 Å². The van der Waals surface area contributed by atoms with E-state index in [0.717, 1.165) is 6.42 Å². The topological polar surface area (TPSA) is 9.23 Å². The van der Waals surface area contributed by atoms with Gasteiger partial charge in [-0.05, 0) is 36.7 Å². The Morgan fingerprint density at radius 3 is 2.79 bits per heavy atom. The van der Waals surface area contributed by atoms with Gasteiger partial charge in [-0.15, -0.1) is 0 Å². The average molecular weight is 205 g/mol. The van der Waals surface area contributed by atoms with E-state index in [2.05, 4.69) is 44.3 Å². The zero-order valence-electron chi connectivity index (χ0n) is 9.08. The van der Waals surface area contributed by atoms with Gasteiger partial charge in [0.25, 0.3) is 9.04 Å². The predicted octanol–water partition coefficient (Wildman–Crippen LogP) is 3.49. The number of hydrogen-bond acceptors (Lipinski definition) is 1. The summed E-state index contributed by atoms with van der Waals surface area (Å²) in [6, 6.07) is 8.52. The lowest BCUT2D eigenvalue weighted by Gasteiger charge is -2.01. The normalized spacial score (nSPS) is 11.1. The fourth-order valence-corrected chi connectivity index (χ4v) is 1.51. The number of rotatable bonds is 4. The van der Waals surface area contributed by atoms with Crippen molar-refractivity contribution < 1.29 is 4.43 Å². The molecule has 0 fully saturated rings. The number of aryl methyl sites for hydroxylation is 1. The van der Waals surface area contributed by atoms with Gasteiger partial charge in [0.05, 0.1) is 6.26 Å². The van der Waals surface area contributed by atoms with Gasteiger partial charge in [-0.25, -0.2) is 0 Å². The molecule has 0 N–H and O–H groups in total. The Balaban J connectivity index is 2.62. The molecule has 0 amide bonds. The smallest absolute Gasteiger partial charge is 0.273 e. The molecule has 0 aliphatic heterocycles. The molecule has 0 heterocycles. The SMILES string of the molecule is CCc1cccc(C=CO[Si](C)C)c1. The van der Waals surface area contributed by atoms with Crippen molar-refractivity contribution >= 4 is 15.1 Å². The van der Waals surface area contributed by atoms with Crippen LogP contribution in [-0.2, 0) is 10.8 Å². The van der Waals surface area contributed by atoms with E-state index in [-0.39, 0.29) is 0 Å². The molecule has 0 unspecified atom stereocenters. The molecule has 0 atom stereocenters. The van der Waals surface area contributed by atoms with Crippen LogP contribution >= 0.6 is 0 Å². The number of benzene rings is 1. The highest BCUT2D eigenvalue weighted by molar-refractivity contribution is 6.48. The second-order valence-corrected chi connectivity index (χ2v) is 5.48. The lowest BCUT2D eigenvalue weighted by atomic mass is 10.1. The minimum Gasteiger partial charge on any atom is -0.548 e. The van der Waals surface area contributed by atoms with Crippen molar-refractivity contribution in [3.8, 4) is 0 Å². The minimum atomic E-state index is -0.606. The Kier molecular flexibility index (Phi) is 4.46. The van der Waals surface area contributed by atoms with Gasteiger partial charge in [-0.2, -0.15) is 0 Å². The van der Waals surface area contributed by atoms with E-state index >= 15 is 0 Å². The molecule has 0 aliphatic carbocycles. The zero-order valence-corrected chi connectivity index (χ0v) is 10.1. The maximum Gasteiger partial charge on any atom is 0.273 e. The molecule has 0 aromatic heterocycles. The molecule has 1 aromatic carbocycles. The van der Waals surface area contributed by atoms with Gasteiger partial charge < -0.3 is 4.43 Å². The number of hydrogen-bond donors (Lipinski definition) is 0. The van der Waals surface area contributed by atoms with Gasteiger partial charge in [0.15, 0.2) is 0 Å². The molecule has 2 heteroatoms. The Hall–Kier alpha value is -1.02. The van der Waals surface area contributed by atoms with Crippen LogP contribution in [0.15, 0.2) is 30.5 Å². The van der Waals surface area contributed by atoms with Crippen molar-refractivity contribution in [3.63, 3.8) is 0 Å². The van der Waals surface area contributed by atoms with E-state index in [1.165, 1.54) is 11.1 Å². The fourth-order valence-electron chi connectivity index (χ4n) is 1.17. The van der Waals surface area contributed by atoms with Crippen molar-refractivity contribution in [2.75, 3.05) is 0 Å². The van der Waals surface area contributed by atoms with Gasteiger partial charge in [-0.3, -0.25) is 0 Å². The Morgan fingerprint density at radius 1 is 1.36 bits per heavy atom. The van der Waals surface area contributed by atoms with Crippen LogP contribution in [0, 0.1) is 0 Å². The summed E-state index contributed by atoms with van der Waals surface area (Å²) in [5, 5.41) is 0. The van der Waals surface area contributed by atoms with Gasteiger partial charge in [0.2, 0.25) is 0 Å². The predicted molar refractivity (Wildman–Crippen MR) is 63.4 cm³/mol. The Bertz CT molecular complexity index is 305. The second-order valence-electron chi connectivity index (χ2n) is 3.43. The summed E-state index contributed by atoms with van der Waals surface area (Å²) in [7, 11) is -0.606. The Morgan fingerprint density at radius 2 is 2.14 bits per heavy atom. The summed E-state index contributed by atoms with van der Waals surface area (Å²) in [6.45, 7) is 6.41. The summed E-state index contributed by atoms with van der Waals surface area (Å²) in [5.41, 5.74) is 2.58. The van der Waals surface area contributed by atoms with Crippen LogP contribution in [0.1, 0.15) is 18.1 Å². The largest absolute Gasteiger partial charge is 0.548 e. The molecule has 0 saturated heterocycles. The minimum absolute atomic E-state index is 0.606. The van der Waals surface area contributed by atoms with Gasteiger partial charge >= 0.3 is 0 Å². The molecule has 1 aromatic rings. The maximum absolute atomic E-state index is 5.44. The third-order valence-corrected chi connectivity index (χ3v) is 2.53. The molecule has 0 saturated carbocycles. The quantitative estimate of drug-likeness (QED) is 0.540. The molecule has 1 nitrogen and oxygen atoms in total. The third kappa shape index (κ3) is 3.79. The molecular weight excluding hydrogens is 188 g/mol. The Labute approximate surface area is 88.1 Å². The second kappa shape index (κ2) is 5.65. The summed E-state index contributed by atoms with van der Waals surface area (Å²) in [5.74, 6) is 0. The molecule has 1 rings (SSSR count). The lowest BCUT2D eigenvalue weighted by Crippen LogP contribution is -2.00. The first-order valence-corrected chi connectivity index (χ1v) is 7.35. The van der Waals surface area contributed by atoms with Crippen molar-refractivity contribution in [1.82, 2.24) is 0 Å². The van der Waals surface area contributed by atoms with Crippen LogP contribution < -0.4 is 0 Å². The molecule has 14 heavy (non-hydrogen) atoms. The first-order valence-electron chi connectivity index (χ1n) is 4.94.